The summed E-state index contributed by atoms with van der Waals surface area (Å²) >= 11 is 1.51. The molecule has 1 aromatic carbocycles. The van der Waals surface area contributed by atoms with Crippen molar-refractivity contribution in [2.24, 2.45) is 0 Å². The Morgan fingerprint density at radius 1 is 1.11 bits per heavy atom. The molecule has 0 aliphatic carbocycles. The Kier molecular flexibility index (Phi) is 9.02. The molecule has 0 saturated heterocycles. The Bertz CT molecular complexity index is 1170. The zero-order valence-electron chi connectivity index (χ0n) is 20.9. The predicted molar refractivity (Wildman–Crippen MR) is 133 cm³/mol. The van der Waals surface area contributed by atoms with Crippen molar-refractivity contribution in [3.63, 3.8) is 0 Å². The van der Waals surface area contributed by atoms with Crippen LogP contribution < -0.4 is 10.1 Å². The number of amides is 1. The molecule has 1 atom stereocenters. The number of thiazole rings is 1. The van der Waals surface area contributed by atoms with Gasteiger partial charge in [0.25, 0.3) is 5.91 Å². The Morgan fingerprint density at radius 3 is 2.39 bits per heavy atom. The smallest absolute Gasteiger partial charge is 0.451 e. The minimum atomic E-state index is -4.62. The lowest BCUT2D eigenvalue weighted by molar-refractivity contribution is -0.145. The number of nitrogens with one attached hydrogen (secondary N) is 1. The second-order valence-corrected chi connectivity index (χ2v) is 10.1. The molecule has 3 aromatic rings. The monoisotopic (exact) mass is 521 g/mol. The van der Waals surface area contributed by atoms with Gasteiger partial charge in [-0.05, 0) is 59.4 Å². The number of rotatable bonds is 10. The molecule has 2 aromatic heterocycles. The van der Waals surface area contributed by atoms with Crippen LogP contribution in [0.15, 0.2) is 36.8 Å². The van der Waals surface area contributed by atoms with Crippen molar-refractivity contribution in [3.05, 3.63) is 58.6 Å². The average Bonchev–Trinajstić information content (AvgIpc) is 3.27. The number of ether oxygens (including phenoxy) is 1. The molecular weight excluding hydrogens is 491 g/mol. The van der Waals surface area contributed by atoms with Gasteiger partial charge in [0.2, 0.25) is 5.82 Å². The van der Waals surface area contributed by atoms with E-state index in [1.165, 1.54) is 11.3 Å². The standard InChI is InChI=1S/C25H30F3N5O2S/c1-15(2)33(5)7-6-8-35-21-10-18(9-19(11-21)23-29-12-16(3)36-23)22(34)32-17(4)20-13-30-24(31-14-20)25(26,27)28/h9-15,17H,6-8H2,1-5H3,(H,32,34)/t17-/m1/s1. The Hall–Kier alpha value is -3.05. The van der Waals surface area contributed by atoms with E-state index in [0.717, 1.165) is 40.8 Å². The summed E-state index contributed by atoms with van der Waals surface area (Å²) in [6.45, 7) is 9.22. The van der Waals surface area contributed by atoms with E-state index < -0.39 is 23.9 Å². The van der Waals surface area contributed by atoms with E-state index in [-0.39, 0.29) is 0 Å². The number of aromatic nitrogens is 3. The van der Waals surface area contributed by atoms with Gasteiger partial charge in [-0.3, -0.25) is 4.79 Å². The highest BCUT2D eigenvalue weighted by molar-refractivity contribution is 7.14. The molecule has 0 aliphatic rings. The number of halogens is 3. The van der Waals surface area contributed by atoms with Gasteiger partial charge in [-0.1, -0.05) is 0 Å². The summed E-state index contributed by atoms with van der Waals surface area (Å²) < 4.78 is 44.2. The zero-order chi connectivity index (χ0) is 26.5. The van der Waals surface area contributed by atoms with Crippen LogP contribution >= 0.6 is 11.3 Å². The van der Waals surface area contributed by atoms with Crippen LogP contribution in [0.1, 0.15) is 59.9 Å². The third-order valence-electron chi connectivity index (χ3n) is 5.62. The first-order valence-electron chi connectivity index (χ1n) is 11.5. The molecule has 36 heavy (non-hydrogen) atoms. The number of hydrogen-bond donors (Lipinski definition) is 1. The van der Waals surface area contributed by atoms with Gasteiger partial charge in [0.05, 0.1) is 12.6 Å². The number of aryl methyl sites for hydroxylation is 1. The number of nitrogens with zero attached hydrogens (tertiary/aromatic N) is 4. The summed E-state index contributed by atoms with van der Waals surface area (Å²) in [5.41, 5.74) is 1.46. The van der Waals surface area contributed by atoms with Crippen LogP contribution in [0.25, 0.3) is 10.6 Å². The van der Waals surface area contributed by atoms with Crippen molar-refractivity contribution in [1.82, 2.24) is 25.2 Å². The molecule has 0 radical (unpaired) electrons. The van der Waals surface area contributed by atoms with Gasteiger partial charge in [0, 0.05) is 52.7 Å². The van der Waals surface area contributed by atoms with Gasteiger partial charge in [0.15, 0.2) is 0 Å². The number of hydrogen-bond acceptors (Lipinski definition) is 7. The number of benzene rings is 1. The molecule has 0 saturated carbocycles. The van der Waals surface area contributed by atoms with Crippen molar-refractivity contribution in [2.45, 2.75) is 52.4 Å². The van der Waals surface area contributed by atoms with Gasteiger partial charge in [-0.25, -0.2) is 15.0 Å². The molecule has 1 N–H and O–H groups in total. The Balaban J connectivity index is 1.76. The molecule has 194 valence electrons. The van der Waals surface area contributed by atoms with Crippen LogP contribution in [0.4, 0.5) is 13.2 Å². The molecule has 0 fully saturated rings. The second-order valence-electron chi connectivity index (χ2n) is 8.83. The Morgan fingerprint density at radius 2 is 1.81 bits per heavy atom. The maximum Gasteiger partial charge on any atom is 0.451 e. The molecule has 0 spiro atoms. The van der Waals surface area contributed by atoms with Gasteiger partial charge >= 0.3 is 6.18 Å². The third-order valence-corrected chi connectivity index (χ3v) is 6.58. The number of carbonyl (C=O) groups excluding carboxylic acids is 1. The first-order valence-corrected chi connectivity index (χ1v) is 12.4. The van der Waals surface area contributed by atoms with Crippen LogP contribution in [-0.2, 0) is 6.18 Å². The molecule has 1 amide bonds. The highest BCUT2D eigenvalue weighted by Crippen LogP contribution is 2.30. The molecular formula is C25H30F3N5O2S. The first kappa shape index (κ1) is 27.5. The SMILES string of the molecule is Cc1cnc(-c2cc(OCCCN(C)C(C)C)cc(C(=O)N[C@H](C)c3cnc(C(F)(F)F)nc3)c2)s1. The first-order chi connectivity index (χ1) is 16.9. The lowest BCUT2D eigenvalue weighted by Gasteiger charge is -2.20. The van der Waals surface area contributed by atoms with E-state index in [2.05, 4.69) is 46.1 Å². The molecule has 11 heteroatoms. The second kappa shape index (κ2) is 11.8. The van der Waals surface area contributed by atoms with Crippen molar-refractivity contribution < 1.29 is 22.7 Å². The largest absolute Gasteiger partial charge is 0.493 e. The molecule has 7 nitrogen and oxygen atoms in total. The minimum Gasteiger partial charge on any atom is -0.493 e. The van der Waals surface area contributed by atoms with Crippen LogP contribution in [0, 0.1) is 6.92 Å². The summed E-state index contributed by atoms with van der Waals surface area (Å²) in [5.74, 6) is -1.08. The van der Waals surface area contributed by atoms with E-state index in [4.69, 9.17) is 4.74 Å². The van der Waals surface area contributed by atoms with Gasteiger partial charge in [-0.2, -0.15) is 13.2 Å². The van der Waals surface area contributed by atoms with E-state index in [9.17, 15) is 18.0 Å². The highest BCUT2D eigenvalue weighted by Gasteiger charge is 2.34. The van der Waals surface area contributed by atoms with Crippen LogP contribution in [0.5, 0.6) is 5.75 Å². The van der Waals surface area contributed by atoms with Crippen LogP contribution in [0.3, 0.4) is 0 Å². The van der Waals surface area contributed by atoms with Crippen LogP contribution in [-0.4, -0.2) is 52.0 Å². The summed E-state index contributed by atoms with van der Waals surface area (Å²) in [5, 5.41) is 3.56. The van der Waals surface area contributed by atoms with Gasteiger partial charge in [-0.15, -0.1) is 11.3 Å². The quantitative estimate of drug-likeness (QED) is 0.354. The third kappa shape index (κ3) is 7.47. The van der Waals surface area contributed by atoms with E-state index >= 15 is 0 Å². The maximum atomic E-state index is 13.1. The molecule has 2 heterocycles. The predicted octanol–water partition coefficient (Wildman–Crippen LogP) is 5.53. The number of carbonyl (C=O) groups is 1. The van der Waals surface area contributed by atoms with Crippen molar-refractivity contribution in [3.8, 4) is 16.3 Å². The summed E-state index contributed by atoms with van der Waals surface area (Å²) in [4.78, 5) is 27.5. The summed E-state index contributed by atoms with van der Waals surface area (Å²) in [6, 6.07) is 5.06. The molecule has 3 rings (SSSR count). The summed E-state index contributed by atoms with van der Waals surface area (Å²) in [6.07, 6.45) is 0.0974. The zero-order valence-corrected chi connectivity index (χ0v) is 21.7. The van der Waals surface area contributed by atoms with Crippen LogP contribution in [0.2, 0.25) is 0 Å². The van der Waals surface area contributed by atoms with Crippen molar-refractivity contribution in [1.29, 1.82) is 0 Å². The minimum absolute atomic E-state index is 0.355. The van der Waals surface area contributed by atoms with Gasteiger partial charge < -0.3 is 15.0 Å². The normalized spacial score (nSPS) is 12.7. The fraction of sp³-hybridized carbons (Fsp3) is 0.440. The fourth-order valence-electron chi connectivity index (χ4n) is 3.26. The number of alkyl halides is 3. The van der Waals surface area contributed by atoms with Crippen molar-refractivity contribution >= 4 is 17.2 Å². The topological polar surface area (TPSA) is 80.2 Å². The highest BCUT2D eigenvalue weighted by atomic mass is 32.1. The van der Waals surface area contributed by atoms with E-state index in [0.29, 0.717) is 29.5 Å². The van der Waals surface area contributed by atoms with E-state index in [1.807, 2.05) is 13.0 Å². The Labute approximate surface area is 212 Å². The summed E-state index contributed by atoms with van der Waals surface area (Å²) in [7, 11) is 2.06. The molecule has 0 bridgehead atoms. The molecule has 0 unspecified atom stereocenters. The van der Waals surface area contributed by atoms with Crippen molar-refractivity contribution in [2.75, 3.05) is 20.2 Å². The molecule has 0 aliphatic heterocycles. The average molecular weight is 522 g/mol. The fourth-order valence-corrected chi connectivity index (χ4v) is 4.01. The van der Waals surface area contributed by atoms with E-state index in [1.54, 1.807) is 25.3 Å². The maximum absolute atomic E-state index is 13.1. The lowest BCUT2D eigenvalue weighted by atomic mass is 10.1. The van der Waals surface area contributed by atoms with Gasteiger partial charge in [0.1, 0.15) is 10.8 Å². The lowest BCUT2D eigenvalue weighted by Crippen LogP contribution is -2.28.